The lowest BCUT2D eigenvalue weighted by Crippen LogP contribution is -2.28. The van der Waals surface area contributed by atoms with Crippen molar-refractivity contribution in [2.75, 3.05) is 5.73 Å². The van der Waals surface area contributed by atoms with Gasteiger partial charge in [-0.25, -0.2) is 9.37 Å². The van der Waals surface area contributed by atoms with Crippen LogP contribution in [-0.4, -0.2) is 16.9 Å². The standard InChI is InChI=1S/C12H16FN3O/c1-2-3-7-6-9(7)16-12(17)8-4-5-15-11(14)10(8)13/h4-5,7,9H,2-3,6H2,1H3,(H2,14,15)(H,16,17). The molecular formula is C12H16FN3O. The molecule has 1 aromatic rings. The van der Waals surface area contributed by atoms with Crippen molar-refractivity contribution in [1.82, 2.24) is 10.3 Å². The summed E-state index contributed by atoms with van der Waals surface area (Å²) in [5.41, 5.74) is 5.29. The summed E-state index contributed by atoms with van der Waals surface area (Å²) in [7, 11) is 0. The fourth-order valence-corrected chi connectivity index (χ4v) is 2.00. The van der Waals surface area contributed by atoms with Crippen molar-refractivity contribution in [3.63, 3.8) is 0 Å². The van der Waals surface area contributed by atoms with E-state index in [1.165, 1.54) is 12.3 Å². The second-order valence-electron chi connectivity index (χ2n) is 4.42. The predicted molar refractivity (Wildman–Crippen MR) is 62.9 cm³/mol. The van der Waals surface area contributed by atoms with Crippen LogP contribution in [0, 0.1) is 11.7 Å². The Bertz CT molecular complexity index is 436. The van der Waals surface area contributed by atoms with E-state index < -0.39 is 11.7 Å². The van der Waals surface area contributed by atoms with Gasteiger partial charge in [0.1, 0.15) is 0 Å². The predicted octanol–water partition coefficient (Wildman–Crippen LogP) is 1.72. The molecule has 1 saturated carbocycles. The third-order valence-corrected chi connectivity index (χ3v) is 3.06. The Hall–Kier alpha value is -1.65. The first-order valence-electron chi connectivity index (χ1n) is 5.84. The minimum absolute atomic E-state index is 0.0281. The molecule has 4 nitrogen and oxygen atoms in total. The first kappa shape index (κ1) is 11.8. The molecule has 17 heavy (non-hydrogen) atoms. The van der Waals surface area contributed by atoms with Crippen LogP contribution in [0.4, 0.5) is 10.2 Å². The zero-order valence-electron chi connectivity index (χ0n) is 9.74. The summed E-state index contributed by atoms with van der Waals surface area (Å²) in [5, 5.41) is 2.81. The monoisotopic (exact) mass is 237 g/mol. The number of anilines is 1. The van der Waals surface area contributed by atoms with E-state index in [4.69, 9.17) is 5.73 Å². The average molecular weight is 237 g/mol. The normalized spacial score (nSPS) is 22.2. The van der Waals surface area contributed by atoms with Crippen molar-refractivity contribution >= 4 is 11.7 Å². The summed E-state index contributed by atoms with van der Waals surface area (Å²) in [6.07, 6.45) is 4.53. The van der Waals surface area contributed by atoms with E-state index in [0.29, 0.717) is 5.92 Å². The van der Waals surface area contributed by atoms with Gasteiger partial charge in [-0.3, -0.25) is 4.79 Å². The number of halogens is 1. The van der Waals surface area contributed by atoms with Crippen LogP contribution < -0.4 is 11.1 Å². The molecule has 0 aromatic carbocycles. The molecule has 2 rings (SSSR count). The number of hydrogen-bond acceptors (Lipinski definition) is 3. The lowest BCUT2D eigenvalue weighted by molar-refractivity contribution is 0.0944. The van der Waals surface area contributed by atoms with Gasteiger partial charge in [0, 0.05) is 12.2 Å². The highest BCUT2D eigenvalue weighted by Crippen LogP contribution is 2.34. The molecule has 2 atom stereocenters. The maximum atomic E-state index is 13.5. The third-order valence-electron chi connectivity index (χ3n) is 3.06. The molecule has 1 aliphatic carbocycles. The zero-order valence-corrected chi connectivity index (χ0v) is 9.74. The van der Waals surface area contributed by atoms with Crippen LogP contribution in [0.15, 0.2) is 12.3 Å². The molecular weight excluding hydrogens is 221 g/mol. The van der Waals surface area contributed by atoms with Crippen molar-refractivity contribution in [2.24, 2.45) is 5.92 Å². The maximum absolute atomic E-state index is 13.5. The highest BCUT2D eigenvalue weighted by atomic mass is 19.1. The maximum Gasteiger partial charge on any atom is 0.254 e. The van der Waals surface area contributed by atoms with E-state index in [1.54, 1.807) is 0 Å². The molecule has 1 amide bonds. The van der Waals surface area contributed by atoms with Crippen molar-refractivity contribution < 1.29 is 9.18 Å². The Morgan fingerprint density at radius 1 is 1.71 bits per heavy atom. The number of carbonyl (C=O) groups excluding carboxylic acids is 1. The highest BCUT2D eigenvalue weighted by molar-refractivity contribution is 5.95. The number of rotatable bonds is 4. The van der Waals surface area contributed by atoms with E-state index in [1.807, 2.05) is 0 Å². The molecule has 2 unspecified atom stereocenters. The Kier molecular flexibility index (Phi) is 3.26. The van der Waals surface area contributed by atoms with E-state index in [9.17, 15) is 9.18 Å². The van der Waals surface area contributed by atoms with Gasteiger partial charge in [0.05, 0.1) is 5.56 Å². The molecule has 1 heterocycles. The average Bonchev–Trinajstić information content (AvgIpc) is 3.01. The number of amides is 1. The Morgan fingerprint density at radius 2 is 2.47 bits per heavy atom. The van der Waals surface area contributed by atoms with E-state index >= 15 is 0 Å². The lowest BCUT2D eigenvalue weighted by Gasteiger charge is -2.06. The van der Waals surface area contributed by atoms with Crippen molar-refractivity contribution in [3.8, 4) is 0 Å². The number of aromatic nitrogens is 1. The molecule has 1 aromatic heterocycles. The first-order valence-corrected chi connectivity index (χ1v) is 5.84. The number of nitrogens with zero attached hydrogens (tertiary/aromatic N) is 1. The number of hydrogen-bond donors (Lipinski definition) is 2. The van der Waals surface area contributed by atoms with Crippen LogP contribution in [-0.2, 0) is 0 Å². The Morgan fingerprint density at radius 3 is 3.18 bits per heavy atom. The Balaban J connectivity index is 1.99. The van der Waals surface area contributed by atoms with Gasteiger partial charge in [0.25, 0.3) is 5.91 Å². The highest BCUT2D eigenvalue weighted by Gasteiger charge is 2.37. The molecule has 0 spiro atoms. The van der Waals surface area contributed by atoms with E-state index in [2.05, 4.69) is 17.2 Å². The van der Waals surface area contributed by atoms with Gasteiger partial charge in [-0.05, 0) is 24.8 Å². The van der Waals surface area contributed by atoms with Gasteiger partial charge in [0.2, 0.25) is 0 Å². The molecule has 1 aliphatic rings. The SMILES string of the molecule is CCCC1CC1NC(=O)c1ccnc(N)c1F. The third kappa shape index (κ3) is 2.54. The summed E-state index contributed by atoms with van der Waals surface area (Å²) in [4.78, 5) is 15.4. The molecule has 0 saturated heterocycles. The molecule has 3 N–H and O–H groups in total. The number of pyridine rings is 1. The van der Waals surface area contributed by atoms with Gasteiger partial charge in [-0.2, -0.15) is 0 Å². The molecule has 5 heteroatoms. The number of nitrogens with one attached hydrogen (secondary N) is 1. The fourth-order valence-electron chi connectivity index (χ4n) is 2.00. The second kappa shape index (κ2) is 4.69. The van der Waals surface area contributed by atoms with Crippen molar-refractivity contribution in [1.29, 1.82) is 0 Å². The second-order valence-corrected chi connectivity index (χ2v) is 4.42. The van der Waals surface area contributed by atoms with Gasteiger partial charge in [0.15, 0.2) is 11.6 Å². The van der Waals surface area contributed by atoms with Crippen LogP contribution in [0.5, 0.6) is 0 Å². The summed E-state index contributed by atoms with van der Waals surface area (Å²) in [6.45, 7) is 2.11. The smallest absolute Gasteiger partial charge is 0.254 e. The van der Waals surface area contributed by atoms with Crippen LogP contribution in [0.3, 0.4) is 0 Å². The first-order chi connectivity index (χ1) is 8.13. The van der Waals surface area contributed by atoms with Crippen LogP contribution in [0.25, 0.3) is 0 Å². The number of carbonyl (C=O) groups is 1. The van der Waals surface area contributed by atoms with Gasteiger partial charge in [-0.15, -0.1) is 0 Å². The summed E-state index contributed by atoms with van der Waals surface area (Å²) >= 11 is 0. The molecule has 0 bridgehead atoms. The fraction of sp³-hybridized carbons (Fsp3) is 0.500. The number of nitrogen functional groups attached to an aromatic ring is 1. The number of nitrogens with two attached hydrogens (primary N) is 1. The van der Waals surface area contributed by atoms with Crippen LogP contribution in [0.1, 0.15) is 36.5 Å². The lowest BCUT2D eigenvalue weighted by atomic mass is 10.2. The minimum atomic E-state index is -0.738. The summed E-state index contributed by atoms with van der Waals surface area (Å²) in [5.74, 6) is -0.831. The van der Waals surface area contributed by atoms with Gasteiger partial charge in [-0.1, -0.05) is 13.3 Å². The van der Waals surface area contributed by atoms with Crippen molar-refractivity contribution in [2.45, 2.75) is 32.2 Å². The van der Waals surface area contributed by atoms with Gasteiger partial charge >= 0.3 is 0 Å². The van der Waals surface area contributed by atoms with Crippen molar-refractivity contribution in [3.05, 3.63) is 23.6 Å². The van der Waals surface area contributed by atoms with E-state index in [-0.39, 0.29) is 17.4 Å². The molecule has 0 aliphatic heterocycles. The minimum Gasteiger partial charge on any atom is -0.381 e. The Labute approximate surface area is 99.4 Å². The molecule has 0 radical (unpaired) electrons. The molecule has 1 fully saturated rings. The van der Waals surface area contributed by atoms with Crippen LogP contribution in [0.2, 0.25) is 0 Å². The molecule has 92 valence electrons. The van der Waals surface area contributed by atoms with Gasteiger partial charge < -0.3 is 11.1 Å². The zero-order chi connectivity index (χ0) is 12.4. The summed E-state index contributed by atoms with van der Waals surface area (Å²) in [6, 6.07) is 1.54. The van der Waals surface area contributed by atoms with Crippen LogP contribution >= 0.6 is 0 Å². The van der Waals surface area contributed by atoms with E-state index in [0.717, 1.165) is 19.3 Å². The summed E-state index contributed by atoms with van der Waals surface area (Å²) < 4.78 is 13.5. The largest absolute Gasteiger partial charge is 0.381 e. The topological polar surface area (TPSA) is 68.0 Å². The quantitative estimate of drug-likeness (QED) is 0.837.